The van der Waals surface area contributed by atoms with Crippen LogP contribution in [-0.2, 0) is 21.4 Å². The first kappa shape index (κ1) is 23.7. The van der Waals surface area contributed by atoms with E-state index in [4.69, 9.17) is 9.72 Å². The van der Waals surface area contributed by atoms with E-state index in [0.717, 1.165) is 36.3 Å². The minimum Gasteiger partial charge on any atom is -0.381 e. The third kappa shape index (κ3) is 4.74. The van der Waals surface area contributed by atoms with E-state index in [1.807, 2.05) is 24.3 Å². The standard InChI is InChI=1S/C30H33FN2O2/c1-21-17-22(2)19-24(18-21)30(12-15-35-16-13-30)29(34)33-14-6-11-28(33)27-10-5-8-25(32-27)20-23-7-3-4-9-26(23)31/h3-5,7-10,17-19,28H,6,11-16,20H2,1-2H3/t28-/m1/s1. The number of ether oxygens (including phenoxy) is 1. The van der Waals surface area contributed by atoms with E-state index in [2.05, 4.69) is 36.9 Å². The highest BCUT2D eigenvalue weighted by molar-refractivity contribution is 5.89. The van der Waals surface area contributed by atoms with E-state index in [1.54, 1.807) is 12.1 Å². The maximum atomic E-state index is 14.3. The molecule has 1 aromatic heterocycles. The minimum atomic E-state index is -0.567. The first-order valence-corrected chi connectivity index (χ1v) is 12.6. The first-order valence-electron chi connectivity index (χ1n) is 12.6. The molecule has 2 saturated heterocycles. The maximum Gasteiger partial charge on any atom is 0.233 e. The lowest BCUT2D eigenvalue weighted by molar-refractivity contribution is -0.142. The van der Waals surface area contributed by atoms with Gasteiger partial charge in [-0.2, -0.15) is 0 Å². The summed E-state index contributed by atoms with van der Waals surface area (Å²) in [5.41, 5.74) is 5.25. The highest BCUT2D eigenvalue weighted by Gasteiger charge is 2.47. The molecule has 2 fully saturated rings. The summed E-state index contributed by atoms with van der Waals surface area (Å²) in [7, 11) is 0. The van der Waals surface area contributed by atoms with Crippen molar-refractivity contribution in [3.05, 3.63) is 100 Å². The van der Waals surface area contributed by atoms with Crippen molar-refractivity contribution in [2.75, 3.05) is 19.8 Å². The smallest absolute Gasteiger partial charge is 0.233 e. The lowest BCUT2D eigenvalue weighted by Gasteiger charge is -2.41. The number of nitrogens with zero attached hydrogens (tertiary/aromatic N) is 2. The zero-order chi connectivity index (χ0) is 24.4. The van der Waals surface area contributed by atoms with Crippen molar-refractivity contribution in [2.24, 2.45) is 0 Å². The van der Waals surface area contributed by atoms with E-state index in [0.29, 0.717) is 38.0 Å². The van der Waals surface area contributed by atoms with Crippen LogP contribution < -0.4 is 0 Å². The molecule has 5 heteroatoms. The number of carbonyl (C=O) groups is 1. The number of hydrogen-bond donors (Lipinski definition) is 0. The van der Waals surface area contributed by atoms with Crippen LogP contribution in [0.4, 0.5) is 4.39 Å². The van der Waals surface area contributed by atoms with Crippen molar-refractivity contribution in [1.82, 2.24) is 9.88 Å². The highest BCUT2D eigenvalue weighted by atomic mass is 19.1. The van der Waals surface area contributed by atoms with Crippen molar-refractivity contribution in [1.29, 1.82) is 0 Å². The normalized spacial score (nSPS) is 19.6. The molecule has 1 amide bonds. The summed E-state index contributed by atoms with van der Waals surface area (Å²) in [6.45, 7) is 6.10. The number of amides is 1. The number of rotatable bonds is 5. The Balaban J connectivity index is 1.46. The molecule has 3 heterocycles. The number of pyridine rings is 1. The summed E-state index contributed by atoms with van der Waals surface area (Å²) < 4.78 is 19.9. The molecule has 0 saturated carbocycles. The van der Waals surface area contributed by atoms with Gasteiger partial charge in [-0.25, -0.2) is 4.39 Å². The van der Waals surface area contributed by atoms with E-state index in [9.17, 15) is 9.18 Å². The second-order valence-corrected chi connectivity index (χ2v) is 10.0. The number of aromatic nitrogens is 1. The van der Waals surface area contributed by atoms with Gasteiger partial charge in [-0.15, -0.1) is 0 Å². The molecular formula is C30H33FN2O2. The van der Waals surface area contributed by atoms with Gasteiger partial charge in [0.1, 0.15) is 5.82 Å². The van der Waals surface area contributed by atoms with Gasteiger partial charge in [0.25, 0.3) is 0 Å². The van der Waals surface area contributed by atoms with Gasteiger partial charge >= 0.3 is 0 Å². The molecule has 2 aliphatic rings. The first-order chi connectivity index (χ1) is 17.0. The molecule has 182 valence electrons. The number of carbonyl (C=O) groups excluding carboxylic acids is 1. The lowest BCUT2D eigenvalue weighted by atomic mass is 9.72. The van der Waals surface area contributed by atoms with Crippen LogP contribution in [0, 0.1) is 19.7 Å². The molecule has 1 atom stereocenters. The number of aryl methyl sites for hydroxylation is 2. The molecule has 2 aromatic carbocycles. The maximum absolute atomic E-state index is 14.3. The average Bonchev–Trinajstić information content (AvgIpc) is 3.35. The average molecular weight is 473 g/mol. The van der Waals surface area contributed by atoms with Crippen LogP contribution in [0.1, 0.15) is 65.4 Å². The Morgan fingerprint density at radius 1 is 1.06 bits per heavy atom. The largest absolute Gasteiger partial charge is 0.381 e. The van der Waals surface area contributed by atoms with Gasteiger partial charge in [-0.1, -0.05) is 53.6 Å². The second-order valence-electron chi connectivity index (χ2n) is 10.0. The van der Waals surface area contributed by atoms with E-state index in [1.165, 1.54) is 17.2 Å². The van der Waals surface area contributed by atoms with Gasteiger partial charge in [-0.05, 0) is 68.9 Å². The molecule has 0 spiro atoms. The monoisotopic (exact) mass is 472 g/mol. The quantitative estimate of drug-likeness (QED) is 0.469. The summed E-state index contributed by atoms with van der Waals surface area (Å²) in [4.78, 5) is 21.3. The summed E-state index contributed by atoms with van der Waals surface area (Å²) >= 11 is 0. The molecule has 0 radical (unpaired) electrons. The number of hydrogen-bond acceptors (Lipinski definition) is 3. The van der Waals surface area contributed by atoms with Crippen LogP contribution in [0.15, 0.2) is 60.7 Å². The van der Waals surface area contributed by atoms with Crippen LogP contribution in [-0.4, -0.2) is 35.5 Å². The van der Waals surface area contributed by atoms with Gasteiger partial charge < -0.3 is 9.64 Å². The predicted molar refractivity (Wildman–Crippen MR) is 135 cm³/mol. The third-order valence-electron chi connectivity index (χ3n) is 7.54. The van der Waals surface area contributed by atoms with Crippen LogP contribution in [0.25, 0.3) is 0 Å². The summed E-state index contributed by atoms with van der Waals surface area (Å²) in [6, 6.07) is 19.2. The van der Waals surface area contributed by atoms with Gasteiger partial charge in [0, 0.05) is 31.9 Å². The Labute approximate surface area is 207 Å². The molecule has 0 N–H and O–H groups in total. The molecule has 0 unspecified atom stereocenters. The zero-order valence-electron chi connectivity index (χ0n) is 20.6. The molecule has 4 nitrogen and oxygen atoms in total. The third-order valence-corrected chi connectivity index (χ3v) is 7.54. The Hall–Kier alpha value is -3.05. The molecule has 2 aliphatic heterocycles. The summed E-state index contributed by atoms with van der Waals surface area (Å²) in [5, 5.41) is 0. The second kappa shape index (κ2) is 9.90. The fourth-order valence-corrected chi connectivity index (χ4v) is 5.81. The number of likely N-dealkylation sites (tertiary alicyclic amines) is 1. The Morgan fingerprint density at radius 2 is 1.80 bits per heavy atom. The van der Waals surface area contributed by atoms with Crippen LogP contribution >= 0.6 is 0 Å². The van der Waals surface area contributed by atoms with Gasteiger partial charge in [0.15, 0.2) is 0 Å². The predicted octanol–water partition coefficient (Wildman–Crippen LogP) is 5.84. The van der Waals surface area contributed by atoms with Crippen LogP contribution in [0.5, 0.6) is 0 Å². The Morgan fingerprint density at radius 3 is 2.54 bits per heavy atom. The minimum absolute atomic E-state index is 0.0614. The van der Waals surface area contributed by atoms with Gasteiger partial charge in [0.05, 0.1) is 17.2 Å². The lowest BCUT2D eigenvalue weighted by Crippen LogP contribution is -2.49. The van der Waals surface area contributed by atoms with E-state index < -0.39 is 5.41 Å². The number of halogens is 1. The van der Waals surface area contributed by atoms with E-state index in [-0.39, 0.29) is 17.8 Å². The van der Waals surface area contributed by atoms with Crippen molar-refractivity contribution >= 4 is 5.91 Å². The summed E-state index contributed by atoms with van der Waals surface area (Å²) in [6.07, 6.45) is 3.67. The van der Waals surface area contributed by atoms with Crippen molar-refractivity contribution in [2.45, 2.75) is 57.4 Å². The van der Waals surface area contributed by atoms with E-state index >= 15 is 0 Å². The molecule has 3 aromatic rings. The van der Waals surface area contributed by atoms with Crippen molar-refractivity contribution in [3.63, 3.8) is 0 Å². The molecular weight excluding hydrogens is 439 g/mol. The van der Waals surface area contributed by atoms with Gasteiger partial charge in [0.2, 0.25) is 5.91 Å². The zero-order valence-corrected chi connectivity index (χ0v) is 20.6. The fourth-order valence-electron chi connectivity index (χ4n) is 5.81. The summed E-state index contributed by atoms with van der Waals surface area (Å²) in [5.74, 6) is -0.0260. The molecule has 0 aliphatic carbocycles. The highest BCUT2D eigenvalue weighted by Crippen LogP contribution is 2.42. The van der Waals surface area contributed by atoms with Crippen LogP contribution in [0.3, 0.4) is 0 Å². The van der Waals surface area contributed by atoms with Crippen LogP contribution in [0.2, 0.25) is 0 Å². The molecule has 5 rings (SSSR count). The topological polar surface area (TPSA) is 42.4 Å². The SMILES string of the molecule is Cc1cc(C)cc(C2(C(=O)N3CCC[C@@H]3c3cccc(Cc4ccccc4F)n3)CCOCC2)c1. The van der Waals surface area contributed by atoms with Crippen molar-refractivity contribution in [3.8, 4) is 0 Å². The number of benzene rings is 2. The molecule has 35 heavy (non-hydrogen) atoms. The van der Waals surface area contributed by atoms with Gasteiger partial charge in [-0.3, -0.25) is 9.78 Å². The fraction of sp³-hybridized carbons (Fsp3) is 0.400. The van der Waals surface area contributed by atoms with Crippen molar-refractivity contribution < 1.29 is 13.9 Å². The Bertz CT molecular complexity index is 1200. The molecule has 0 bridgehead atoms. The Kier molecular flexibility index (Phi) is 6.70.